The predicted octanol–water partition coefficient (Wildman–Crippen LogP) is -0.104. The molecule has 1 aliphatic rings. The summed E-state index contributed by atoms with van der Waals surface area (Å²) < 4.78 is 6.66. The number of nitrogens with one attached hydrogen (secondary N) is 1. The molecule has 1 N–H and O–H groups in total. The first-order valence-corrected chi connectivity index (χ1v) is 7.15. The molecular weight excluding hydrogens is 324 g/mol. The lowest BCUT2D eigenvalue weighted by molar-refractivity contribution is -0.123. The number of benzene rings is 1. The average molecular weight is 337 g/mol. The van der Waals surface area contributed by atoms with Crippen LogP contribution < -0.4 is 10.1 Å². The van der Waals surface area contributed by atoms with E-state index in [0.29, 0.717) is 29.5 Å². The monoisotopic (exact) mass is 336 g/mol. The van der Waals surface area contributed by atoms with E-state index in [2.05, 4.69) is 20.8 Å². The molecule has 2 heterocycles. The molecule has 0 atom stereocenters. The van der Waals surface area contributed by atoms with Gasteiger partial charge in [-0.1, -0.05) is 11.6 Å². The Kier molecular flexibility index (Phi) is 4.11. The molecule has 0 radical (unpaired) electrons. The number of hydrogen-bond donors (Lipinski definition) is 1. The normalized spacial score (nSPS) is 14.5. The Morgan fingerprint density at radius 3 is 2.91 bits per heavy atom. The van der Waals surface area contributed by atoms with Crippen molar-refractivity contribution in [2.45, 2.75) is 0 Å². The zero-order valence-electron chi connectivity index (χ0n) is 12.2. The van der Waals surface area contributed by atoms with Crippen LogP contribution in [0.2, 0.25) is 5.02 Å². The van der Waals surface area contributed by atoms with E-state index in [1.165, 1.54) is 29.1 Å². The minimum absolute atomic E-state index is 0.00829. The van der Waals surface area contributed by atoms with Crippen LogP contribution in [0, 0.1) is 0 Å². The number of halogens is 1. The van der Waals surface area contributed by atoms with Gasteiger partial charge < -0.3 is 15.0 Å². The van der Waals surface area contributed by atoms with Crippen LogP contribution in [0.5, 0.6) is 5.75 Å². The molecule has 1 saturated heterocycles. The highest BCUT2D eigenvalue weighted by molar-refractivity contribution is 6.33. The van der Waals surface area contributed by atoms with Gasteiger partial charge in [0.15, 0.2) is 0 Å². The zero-order chi connectivity index (χ0) is 16.4. The van der Waals surface area contributed by atoms with E-state index in [4.69, 9.17) is 16.3 Å². The second-order valence-corrected chi connectivity index (χ2v) is 5.24. The van der Waals surface area contributed by atoms with Crippen LogP contribution in [-0.2, 0) is 4.79 Å². The van der Waals surface area contributed by atoms with Crippen molar-refractivity contribution in [1.82, 2.24) is 30.4 Å². The van der Waals surface area contributed by atoms with Crippen molar-refractivity contribution in [1.29, 1.82) is 0 Å². The Bertz CT molecular complexity index is 748. The van der Waals surface area contributed by atoms with Crippen molar-refractivity contribution in [3.63, 3.8) is 0 Å². The highest BCUT2D eigenvalue weighted by Crippen LogP contribution is 2.30. The molecule has 0 bridgehead atoms. The number of hydrogen-bond acceptors (Lipinski definition) is 6. The van der Waals surface area contributed by atoms with Gasteiger partial charge in [-0.2, -0.15) is 4.68 Å². The van der Waals surface area contributed by atoms with Crippen LogP contribution >= 0.6 is 11.6 Å². The lowest BCUT2D eigenvalue weighted by Crippen LogP contribution is -2.50. The number of carbonyl (C=O) groups excluding carboxylic acids is 2. The summed E-state index contributed by atoms with van der Waals surface area (Å²) in [6.45, 7) is 0.859. The van der Waals surface area contributed by atoms with Gasteiger partial charge in [-0.25, -0.2) is 0 Å². The van der Waals surface area contributed by atoms with Gasteiger partial charge in [0, 0.05) is 19.2 Å². The molecule has 2 aromatic rings. The molecule has 23 heavy (non-hydrogen) atoms. The highest BCUT2D eigenvalue weighted by Gasteiger charge is 2.26. The molecule has 0 aliphatic carbocycles. The summed E-state index contributed by atoms with van der Waals surface area (Å²) in [6.07, 6.45) is 1.39. The van der Waals surface area contributed by atoms with Crippen molar-refractivity contribution in [3.8, 4) is 11.4 Å². The zero-order valence-corrected chi connectivity index (χ0v) is 12.9. The molecule has 9 nitrogen and oxygen atoms in total. The van der Waals surface area contributed by atoms with E-state index in [0.717, 1.165) is 0 Å². The molecule has 120 valence electrons. The van der Waals surface area contributed by atoms with E-state index in [1.54, 1.807) is 6.07 Å². The molecule has 10 heteroatoms. The standard InChI is InChI=1S/C13H13ClN6O3/c1-23-11-5-10(20-7-16-17-18-20)9(14)4-8(11)13(22)19-3-2-15-12(21)6-19/h4-5,7H,2-3,6H2,1H3,(H,15,21). The van der Waals surface area contributed by atoms with Gasteiger partial charge in [0.25, 0.3) is 5.91 Å². The Hall–Kier alpha value is -2.68. The number of piperazine rings is 1. The molecule has 1 aliphatic heterocycles. The van der Waals surface area contributed by atoms with E-state index in [9.17, 15) is 9.59 Å². The summed E-state index contributed by atoms with van der Waals surface area (Å²) in [6, 6.07) is 3.07. The molecule has 0 unspecified atom stereocenters. The predicted molar refractivity (Wildman–Crippen MR) is 79.6 cm³/mol. The summed E-state index contributed by atoms with van der Waals surface area (Å²) >= 11 is 6.24. The SMILES string of the molecule is COc1cc(-n2cnnn2)c(Cl)cc1C(=O)N1CCNC(=O)C1. The summed E-state index contributed by atoms with van der Waals surface area (Å²) in [4.78, 5) is 25.5. The maximum Gasteiger partial charge on any atom is 0.258 e. The number of methoxy groups -OCH3 is 1. The smallest absolute Gasteiger partial charge is 0.258 e. The van der Waals surface area contributed by atoms with Crippen LogP contribution in [0.1, 0.15) is 10.4 Å². The third-order valence-electron chi connectivity index (χ3n) is 3.42. The molecule has 2 amide bonds. The van der Waals surface area contributed by atoms with Crippen molar-refractivity contribution >= 4 is 23.4 Å². The van der Waals surface area contributed by atoms with Gasteiger partial charge in [-0.05, 0) is 16.5 Å². The van der Waals surface area contributed by atoms with Crippen molar-refractivity contribution in [2.75, 3.05) is 26.7 Å². The minimum atomic E-state index is -0.318. The van der Waals surface area contributed by atoms with Crippen LogP contribution in [0.4, 0.5) is 0 Å². The number of carbonyl (C=O) groups is 2. The third kappa shape index (κ3) is 2.95. The van der Waals surface area contributed by atoms with E-state index in [1.807, 2.05) is 0 Å². The quantitative estimate of drug-likeness (QED) is 0.839. The summed E-state index contributed by atoms with van der Waals surface area (Å²) in [5, 5.41) is 13.8. The Labute approximate surface area is 136 Å². The number of tetrazole rings is 1. The van der Waals surface area contributed by atoms with Crippen molar-refractivity contribution in [2.24, 2.45) is 0 Å². The Morgan fingerprint density at radius 1 is 1.43 bits per heavy atom. The molecule has 1 aromatic carbocycles. The number of rotatable bonds is 3. The second kappa shape index (κ2) is 6.21. The maximum absolute atomic E-state index is 12.6. The molecular formula is C13H13ClN6O3. The van der Waals surface area contributed by atoms with Crippen molar-refractivity contribution < 1.29 is 14.3 Å². The summed E-state index contributed by atoms with van der Waals surface area (Å²) in [5.41, 5.74) is 0.769. The minimum Gasteiger partial charge on any atom is -0.496 e. The number of nitrogens with zero attached hydrogens (tertiary/aromatic N) is 5. The number of ether oxygens (including phenoxy) is 1. The molecule has 1 aromatic heterocycles. The molecule has 0 spiro atoms. The first-order valence-electron chi connectivity index (χ1n) is 6.77. The first-order chi connectivity index (χ1) is 11.1. The fraction of sp³-hybridized carbons (Fsp3) is 0.308. The van der Waals surface area contributed by atoms with Crippen LogP contribution in [-0.4, -0.2) is 63.7 Å². The Balaban J connectivity index is 1.97. The lowest BCUT2D eigenvalue weighted by Gasteiger charge is -2.27. The first kappa shape index (κ1) is 15.2. The van der Waals surface area contributed by atoms with Gasteiger partial charge in [-0.15, -0.1) is 5.10 Å². The largest absolute Gasteiger partial charge is 0.496 e. The fourth-order valence-electron chi connectivity index (χ4n) is 2.31. The molecule has 1 fully saturated rings. The fourth-order valence-corrected chi connectivity index (χ4v) is 2.56. The van der Waals surface area contributed by atoms with E-state index in [-0.39, 0.29) is 23.9 Å². The average Bonchev–Trinajstić information content (AvgIpc) is 3.08. The second-order valence-electron chi connectivity index (χ2n) is 4.83. The topological polar surface area (TPSA) is 102 Å². The molecule has 3 rings (SSSR count). The maximum atomic E-state index is 12.6. The van der Waals surface area contributed by atoms with E-state index < -0.39 is 0 Å². The lowest BCUT2D eigenvalue weighted by atomic mass is 10.1. The summed E-state index contributed by atoms with van der Waals surface area (Å²) in [5.74, 6) is -0.183. The number of amides is 2. The van der Waals surface area contributed by atoms with Gasteiger partial charge in [0.1, 0.15) is 12.1 Å². The van der Waals surface area contributed by atoms with Crippen LogP contribution in [0.15, 0.2) is 18.5 Å². The number of aromatic nitrogens is 4. The van der Waals surface area contributed by atoms with E-state index >= 15 is 0 Å². The molecule has 0 saturated carbocycles. The summed E-state index contributed by atoms with van der Waals surface area (Å²) in [7, 11) is 1.45. The Morgan fingerprint density at radius 2 is 2.26 bits per heavy atom. The van der Waals surface area contributed by atoms with Crippen LogP contribution in [0.25, 0.3) is 5.69 Å². The third-order valence-corrected chi connectivity index (χ3v) is 3.72. The highest BCUT2D eigenvalue weighted by atomic mass is 35.5. The van der Waals surface area contributed by atoms with Gasteiger partial charge in [-0.3, -0.25) is 9.59 Å². The van der Waals surface area contributed by atoms with Crippen molar-refractivity contribution in [3.05, 3.63) is 29.0 Å². The van der Waals surface area contributed by atoms with Gasteiger partial charge in [0.05, 0.1) is 29.9 Å². The van der Waals surface area contributed by atoms with Gasteiger partial charge in [0.2, 0.25) is 5.91 Å². The van der Waals surface area contributed by atoms with Crippen LogP contribution in [0.3, 0.4) is 0 Å². The van der Waals surface area contributed by atoms with Gasteiger partial charge >= 0.3 is 0 Å².